The lowest BCUT2D eigenvalue weighted by Gasteiger charge is -2.03. The summed E-state index contributed by atoms with van der Waals surface area (Å²) in [6.45, 7) is 0. The average molecular weight is 334 g/mol. The fourth-order valence-electron chi connectivity index (χ4n) is 2.67. The van der Waals surface area contributed by atoms with Crippen molar-refractivity contribution >= 4 is 28.2 Å². The van der Waals surface area contributed by atoms with E-state index in [1.54, 1.807) is 48.9 Å². The minimum absolute atomic E-state index is 0.0333. The number of pyridine rings is 1. The summed E-state index contributed by atoms with van der Waals surface area (Å²) in [6.07, 6.45) is 3.55. The summed E-state index contributed by atoms with van der Waals surface area (Å²) in [4.78, 5) is 21.5. The van der Waals surface area contributed by atoms with E-state index in [2.05, 4.69) is 9.97 Å². The van der Waals surface area contributed by atoms with Gasteiger partial charge in [-0.3, -0.25) is 4.79 Å². The first-order valence-electron chi connectivity index (χ1n) is 7.46. The number of ether oxygens (including phenoxy) is 1. The van der Waals surface area contributed by atoms with Gasteiger partial charge in [-0.05, 0) is 41.8 Å². The number of nitrogens with one attached hydrogen (secondary N) is 1. The summed E-state index contributed by atoms with van der Waals surface area (Å²) < 4.78 is 5.14. The Kier molecular flexibility index (Phi) is 3.63. The highest BCUT2D eigenvalue weighted by Crippen LogP contribution is 2.29. The molecule has 0 amide bonds. The molecule has 0 bridgehead atoms. The molecule has 0 saturated heterocycles. The third kappa shape index (κ3) is 2.49. The number of aromatic amines is 1. The number of carbonyl (C=O) groups excluding carboxylic acids is 1. The molecule has 0 aliphatic carbocycles. The molecule has 3 aromatic heterocycles. The quantitative estimate of drug-likeness (QED) is 0.558. The monoisotopic (exact) mass is 334 g/mol. The zero-order valence-corrected chi connectivity index (χ0v) is 13.8. The van der Waals surface area contributed by atoms with E-state index in [1.165, 1.54) is 0 Å². The predicted molar refractivity (Wildman–Crippen MR) is 95.8 cm³/mol. The van der Waals surface area contributed by atoms with Crippen molar-refractivity contribution in [2.24, 2.45) is 0 Å². The smallest absolute Gasteiger partial charge is 0.195 e. The van der Waals surface area contributed by atoms with Crippen LogP contribution in [0.2, 0.25) is 0 Å². The minimum atomic E-state index is -0.0333. The second-order valence-corrected chi connectivity index (χ2v) is 6.31. The van der Waals surface area contributed by atoms with Gasteiger partial charge in [-0.25, -0.2) is 4.98 Å². The molecule has 0 spiro atoms. The molecule has 4 nitrogen and oxygen atoms in total. The molecule has 0 unspecified atom stereocenters. The number of nitrogens with zero attached hydrogens (tertiary/aromatic N) is 1. The Morgan fingerprint density at radius 3 is 2.75 bits per heavy atom. The van der Waals surface area contributed by atoms with Crippen LogP contribution in [0, 0.1) is 0 Å². The number of H-pyrrole nitrogens is 1. The number of ketones is 1. The van der Waals surface area contributed by atoms with Crippen molar-refractivity contribution < 1.29 is 9.53 Å². The van der Waals surface area contributed by atoms with E-state index in [9.17, 15) is 4.79 Å². The first-order valence-corrected chi connectivity index (χ1v) is 8.34. The van der Waals surface area contributed by atoms with E-state index >= 15 is 0 Å². The molecule has 1 N–H and O–H groups in total. The summed E-state index contributed by atoms with van der Waals surface area (Å²) in [7, 11) is 1.61. The second-order valence-electron chi connectivity index (χ2n) is 5.36. The highest BCUT2D eigenvalue weighted by Gasteiger charge is 2.16. The number of hydrogen-bond acceptors (Lipinski definition) is 4. The lowest BCUT2D eigenvalue weighted by Crippen LogP contribution is -2.00. The fourth-order valence-corrected chi connectivity index (χ4v) is 3.38. The number of fused-ring (bicyclic) bond motifs is 1. The van der Waals surface area contributed by atoms with Crippen molar-refractivity contribution in [3.05, 3.63) is 71.4 Å². The van der Waals surface area contributed by atoms with Crippen molar-refractivity contribution in [2.45, 2.75) is 0 Å². The first-order chi connectivity index (χ1) is 11.8. The van der Waals surface area contributed by atoms with Crippen molar-refractivity contribution in [3.8, 4) is 16.2 Å². The molecule has 4 aromatic rings. The Bertz CT molecular complexity index is 1000. The van der Waals surface area contributed by atoms with Gasteiger partial charge in [-0.1, -0.05) is 6.07 Å². The van der Waals surface area contributed by atoms with Gasteiger partial charge < -0.3 is 9.72 Å². The van der Waals surface area contributed by atoms with Crippen LogP contribution >= 0.6 is 11.3 Å². The number of benzene rings is 1. The molecule has 0 fully saturated rings. The van der Waals surface area contributed by atoms with Gasteiger partial charge in [0.05, 0.1) is 7.11 Å². The molecule has 0 radical (unpaired) electrons. The molecule has 5 heteroatoms. The Labute approximate surface area is 142 Å². The number of rotatable bonds is 4. The van der Waals surface area contributed by atoms with Gasteiger partial charge in [-0.2, -0.15) is 0 Å². The van der Waals surface area contributed by atoms with Crippen LogP contribution in [0.25, 0.3) is 21.5 Å². The molecule has 0 aliphatic heterocycles. The van der Waals surface area contributed by atoms with E-state index in [4.69, 9.17) is 4.74 Å². The average Bonchev–Trinajstić information content (AvgIpc) is 3.30. The van der Waals surface area contributed by atoms with Gasteiger partial charge in [0.2, 0.25) is 0 Å². The normalized spacial score (nSPS) is 10.9. The molecule has 24 heavy (non-hydrogen) atoms. The van der Waals surface area contributed by atoms with Crippen molar-refractivity contribution in [2.75, 3.05) is 7.11 Å². The van der Waals surface area contributed by atoms with Crippen LogP contribution in [0.5, 0.6) is 5.75 Å². The molecule has 0 aliphatic rings. The predicted octanol–water partition coefficient (Wildman–Crippen LogP) is 4.53. The van der Waals surface area contributed by atoms with Gasteiger partial charge in [0.1, 0.15) is 11.4 Å². The molecular weight excluding hydrogens is 320 g/mol. The van der Waals surface area contributed by atoms with Crippen molar-refractivity contribution in [1.29, 1.82) is 0 Å². The number of hydrogen-bond donors (Lipinski definition) is 1. The summed E-state index contributed by atoms with van der Waals surface area (Å²) in [5, 5.41) is 2.86. The van der Waals surface area contributed by atoms with Crippen LogP contribution < -0.4 is 4.74 Å². The Balaban J connectivity index is 1.78. The van der Waals surface area contributed by atoms with Crippen molar-refractivity contribution in [3.63, 3.8) is 0 Å². The fraction of sp³-hybridized carbons (Fsp3) is 0.0526. The topological polar surface area (TPSA) is 55.0 Å². The Hall–Kier alpha value is -2.92. The molecule has 0 saturated carbocycles. The molecule has 0 atom stereocenters. The standard InChI is InChI=1S/C19H14N2O2S/c1-23-14-6-4-12(5-7-14)18(22)16-11-21-19-15(16)9-13(10-20-19)17-3-2-8-24-17/h2-11H,1H3,(H,20,21). The third-order valence-corrected chi connectivity index (χ3v) is 4.85. The van der Waals surface area contributed by atoms with E-state index in [0.717, 1.165) is 21.6 Å². The number of methoxy groups -OCH3 is 1. The van der Waals surface area contributed by atoms with E-state index in [-0.39, 0.29) is 5.78 Å². The van der Waals surface area contributed by atoms with E-state index < -0.39 is 0 Å². The SMILES string of the molecule is COc1ccc(C(=O)c2c[nH]c3ncc(-c4cccs4)cc23)cc1. The van der Waals surface area contributed by atoms with Crippen LogP contribution in [-0.2, 0) is 0 Å². The maximum Gasteiger partial charge on any atom is 0.195 e. The maximum absolute atomic E-state index is 12.8. The lowest BCUT2D eigenvalue weighted by atomic mass is 10.0. The van der Waals surface area contributed by atoms with Crippen LogP contribution in [0.4, 0.5) is 0 Å². The van der Waals surface area contributed by atoms with Gasteiger partial charge in [0.25, 0.3) is 0 Å². The molecule has 118 valence electrons. The lowest BCUT2D eigenvalue weighted by molar-refractivity contribution is 0.104. The van der Waals surface area contributed by atoms with Crippen LogP contribution in [0.3, 0.4) is 0 Å². The summed E-state index contributed by atoms with van der Waals surface area (Å²) >= 11 is 1.65. The number of carbonyl (C=O) groups is 1. The van der Waals surface area contributed by atoms with Crippen LogP contribution in [-0.4, -0.2) is 22.9 Å². The zero-order chi connectivity index (χ0) is 16.5. The highest BCUT2D eigenvalue weighted by molar-refractivity contribution is 7.13. The van der Waals surface area contributed by atoms with E-state index in [0.29, 0.717) is 16.8 Å². The van der Waals surface area contributed by atoms with Crippen LogP contribution in [0.1, 0.15) is 15.9 Å². The molecule has 4 rings (SSSR count). The molecular formula is C19H14N2O2S. The summed E-state index contributed by atoms with van der Waals surface area (Å²) in [5.74, 6) is 0.696. The molecule has 3 heterocycles. The molecule has 1 aromatic carbocycles. The second kappa shape index (κ2) is 5.94. The summed E-state index contributed by atoms with van der Waals surface area (Å²) in [6, 6.07) is 13.2. The zero-order valence-electron chi connectivity index (χ0n) is 12.9. The number of thiophene rings is 1. The Morgan fingerprint density at radius 2 is 2.04 bits per heavy atom. The number of aromatic nitrogens is 2. The minimum Gasteiger partial charge on any atom is -0.497 e. The summed E-state index contributed by atoms with van der Waals surface area (Å²) in [5.41, 5.74) is 2.98. The van der Waals surface area contributed by atoms with Gasteiger partial charge >= 0.3 is 0 Å². The largest absolute Gasteiger partial charge is 0.497 e. The Morgan fingerprint density at radius 1 is 1.21 bits per heavy atom. The maximum atomic E-state index is 12.8. The van der Waals surface area contributed by atoms with E-state index in [1.807, 2.05) is 29.8 Å². The van der Waals surface area contributed by atoms with Crippen LogP contribution in [0.15, 0.2) is 60.2 Å². The highest BCUT2D eigenvalue weighted by atomic mass is 32.1. The first kappa shape index (κ1) is 14.7. The van der Waals surface area contributed by atoms with Gasteiger partial charge in [0.15, 0.2) is 5.78 Å². The van der Waals surface area contributed by atoms with Gasteiger partial charge in [0, 0.05) is 39.3 Å². The third-order valence-electron chi connectivity index (χ3n) is 3.93. The van der Waals surface area contributed by atoms with Crippen molar-refractivity contribution in [1.82, 2.24) is 9.97 Å². The van der Waals surface area contributed by atoms with Gasteiger partial charge in [-0.15, -0.1) is 11.3 Å².